The smallest absolute Gasteiger partial charge is 0.199 e. The van der Waals surface area contributed by atoms with E-state index in [1.807, 2.05) is 0 Å². The van der Waals surface area contributed by atoms with E-state index in [1.165, 1.54) is 24.5 Å². The average Bonchev–Trinajstić information content (AvgIpc) is 2.30. The molecule has 0 saturated heterocycles. The summed E-state index contributed by atoms with van der Waals surface area (Å²) in [5, 5.41) is 0.0742. The van der Waals surface area contributed by atoms with E-state index in [4.69, 9.17) is 11.6 Å². The molecule has 0 bridgehead atoms. The van der Waals surface area contributed by atoms with E-state index in [1.54, 1.807) is 12.1 Å². The average molecular weight is 235 g/mol. The second-order valence-corrected chi connectivity index (χ2v) is 3.49. The van der Waals surface area contributed by atoms with Gasteiger partial charge in [-0.15, -0.1) is 0 Å². The van der Waals surface area contributed by atoms with Gasteiger partial charge in [-0.3, -0.25) is 9.78 Å². The molecule has 16 heavy (non-hydrogen) atoms. The molecule has 0 N–H and O–H groups in total. The van der Waals surface area contributed by atoms with Crippen molar-refractivity contribution in [2.75, 3.05) is 0 Å². The van der Waals surface area contributed by atoms with Crippen LogP contribution in [0.25, 0.3) is 0 Å². The van der Waals surface area contributed by atoms with E-state index in [2.05, 4.69) is 11.1 Å². The predicted molar refractivity (Wildman–Crippen MR) is 57.9 cm³/mol. The van der Waals surface area contributed by atoms with Crippen LogP contribution >= 0.6 is 11.6 Å². The summed E-state index contributed by atoms with van der Waals surface area (Å²) in [5.74, 6) is -1.24. The molecule has 0 unspecified atom stereocenters. The van der Waals surface area contributed by atoms with E-state index in [9.17, 15) is 9.18 Å². The van der Waals surface area contributed by atoms with E-state index in [0.717, 1.165) is 0 Å². The lowest BCUT2D eigenvalue weighted by Crippen LogP contribution is -2.05. The molecular weight excluding hydrogens is 229 g/mol. The summed E-state index contributed by atoms with van der Waals surface area (Å²) >= 11 is 5.77. The lowest BCUT2D eigenvalue weighted by atomic mass is 10.0. The van der Waals surface area contributed by atoms with Gasteiger partial charge in [0.2, 0.25) is 0 Å². The second kappa shape index (κ2) is 4.41. The van der Waals surface area contributed by atoms with Gasteiger partial charge in [-0.05, 0) is 24.3 Å². The van der Waals surface area contributed by atoms with Crippen LogP contribution in [0.1, 0.15) is 15.9 Å². The number of ketones is 1. The number of halogens is 2. The number of nitrogens with zero attached hydrogens (tertiary/aromatic N) is 1. The molecule has 2 nitrogen and oxygen atoms in total. The number of hydrogen-bond donors (Lipinski definition) is 0. The molecule has 0 amide bonds. The maximum Gasteiger partial charge on any atom is 0.199 e. The highest BCUT2D eigenvalue weighted by Gasteiger charge is 2.17. The van der Waals surface area contributed by atoms with Crippen LogP contribution in [0.3, 0.4) is 0 Å². The van der Waals surface area contributed by atoms with Crippen LogP contribution in [-0.2, 0) is 0 Å². The van der Waals surface area contributed by atoms with Crippen molar-refractivity contribution in [2.24, 2.45) is 0 Å². The molecule has 0 aliphatic rings. The third-order valence-electron chi connectivity index (χ3n) is 2.05. The minimum absolute atomic E-state index is 0.0742. The summed E-state index contributed by atoms with van der Waals surface area (Å²) in [7, 11) is 0. The predicted octanol–water partition coefficient (Wildman–Crippen LogP) is 2.91. The number of benzene rings is 1. The summed E-state index contributed by atoms with van der Waals surface area (Å²) in [6, 6.07) is 8.21. The SMILES string of the molecule is O=C(c1cccnc1)c1c(F)[c]ccc1Cl. The van der Waals surface area contributed by atoms with Crippen molar-refractivity contribution < 1.29 is 9.18 Å². The highest BCUT2D eigenvalue weighted by Crippen LogP contribution is 2.21. The van der Waals surface area contributed by atoms with Crippen molar-refractivity contribution in [2.45, 2.75) is 0 Å². The molecule has 2 aromatic rings. The van der Waals surface area contributed by atoms with Gasteiger partial charge in [0.15, 0.2) is 5.78 Å². The topological polar surface area (TPSA) is 30.0 Å². The number of pyridine rings is 1. The minimum Gasteiger partial charge on any atom is -0.288 e. The van der Waals surface area contributed by atoms with E-state index in [-0.39, 0.29) is 10.6 Å². The van der Waals surface area contributed by atoms with Gasteiger partial charge in [-0.1, -0.05) is 11.6 Å². The monoisotopic (exact) mass is 234 g/mol. The third-order valence-corrected chi connectivity index (χ3v) is 2.36. The quantitative estimate of drug-likeness (QED) is 0.748. The number of carbonyl (C=O) groups is 1. The van der Waals surface area contributed by atoms with Crippen LogP contribution in [0.4, 0.5) is 4.39 Å². The second-order valence-electron chi connectivity index (χ2n) is 3.09. The van der Waals surface area contributed by atoms with Gasteiger partial charge in [0.1, 0.15) is 5.82 Å². The standard InChI is InChI=1S/C12H6ClFNO/c13-9-4-1-5-10(14)11(9)12(16)8-3-2-6-15-7-8/h1-4,6-7H. The van der Waals surface area contributed by atoms with Crippen LogP contribution in [0.15, 0.2) is 36.7 Å². The summed E-state index contributed by atoms with van der Waals surface area (Å²) in [5.41, 5.74) is 0.125. The van der Waals surface area contributed by atoms with E-state index in [0.29, 0.717) is 5.56 Å². The summed E-state index contributed by atoms with van der Waals surface area (Å²) < 4.78 is 13.4. The molecule has 1 aromatic carbocycles. The van der Waals surface area contributed by atoms with Crippen molar-refractivity contribution in [3.05, 3.63) is 64.7 Å². The Morgan fingerprint density at radius 3 is 2.88 bits per heavy atom. The van der Waals surface area contributed by atoms with Gasteiger partial charge >= 0.3 is 0 Å². The molecule has 2 rings (SSSR count). The van der Waals surface area contributed by atoms with Gasteiger partial charge in [0, 0.05) is 24.0 Å². The molecule has 0 aliphatic carbocycles. The Morgan fingerprint density at radius 2 is 2.25 bits per heavy atom. The van der Waals surface area contributed by atoms with Gasteiger partial charge < -0.3 is 0 Å². The Kier molecular flexibility index (Phi) is 2.97. The Bertz CT molecular complexity index is 508. The zero-order valence-electron chi connectivity index (χ0n) is 8.08. The van der Waals surface area contributed by atoms with Crippen LogP contribution < -0.4 is 0 Å². The lowest BCUT2D eigenvalue weighted by Gasteiger charge is -2.03. The normalized spacial score (nSPS) is 10.1. The van der Waals surface area contributed by atoms with Crippen LogP contribution in [0, 0.1) is 11.9 Å². The fourth-order valence-electron chi connectivity index (χ4n) is 1.30. The summed E-state index contributed by atoms with van der Waals surface area (Å²) in [6.07, 6.45) is 2.90. The van der Waals surface area contributed by atoms with Crippen LogP contribution in [0.5, 0.6) is 0 Å². The molecule has 0 aliphatic heterocycles. The van der Waals surface area contributed by atoms with Crippen LogP contribution in [-0.4, -0.2) is 10.8 Å². The van der Waals surface area contributed by atoms with Gasteiger partial charge in [-0.2, -0.15) is 0 Å². The highest BCUT2D eigenvalue weighted by molar-refractivity contribution is 6.35. The van der Waals surface area contributed by atoms with Crippen molar-refractivity contribution in [1.82, 2.24) is 4.98 Å². The molecule has 1 heterocycles. The van der Waals surface area contributed by atoms with Crippen molar-refractivity contribution in [3.8, 4) is 0 Å². The molecule has 0 saturated carbocycles. The Labute approximate surface area is 96.7 Å². The Hall–Kier alpha value is -1.74. The van der Waals surface area contributed by atoms with Gasteiger partial charge in [0.05, 0.1) is 10.6 Å². The Balaban J connectivity index is 2.50. The number of carbonyl (C=O) groups excluding carboxylic acids is 1. The number of rotatable bonds is 2. The molecule has 1 radical (unpaired) electrons. The number of hydrogen-bond acceptors (Lipinski definition) is 2. The molecule has 0 fully saturated rings. The highest BCUT2D eigenvalue weighted by atomic mass is 35.5. The first-order valence-corrected chi connectivity index (χ1v) is 4.88. The Morgan fingerprint density at radius 1 is 1.44 bits per heavy atom. The molecule has 4 heteroatoms. The minimum atomic E-state index is -0.749. The fourth-order valence-corrected chi connectivity index (χ4v) is 1.53. The van der Waals surface area contributed by atoms with Gasteiger partial charge in [0.25, 0.3) is 0 Å². The summed E-state index contributed by atoms with van der Waals surface area (Å²) in [4.78, 5) is 15.7. The maximum atomic E-state index is 13.4. The summed E-state index contributed by atoms with van der Waals surface area (Å²) in [6.45, 7) is 0. The van der Waals surface area contributed by atoms with E-state index < -0.39 is 11.6 Å². The zero-order chi connectivity index (χ0) is 11.5. The molecule has 0 atom stereocenters. The first kappa shape index (κ1) is 10.8. The third kappa shape index (κ3) is 1.95. The fraction of sp³-hybridized carbons (Fsp3) is 0. The van der Waals surface area contributed by atoms with Crippen LogP contribution in [0.2, 0.25) is 5.02 Å². The molecule has 1 aromatic heterocycles. The first-order valence-electron chi connectivity index (χ1n) is 4.50. The van der Waals surface area contributed by atoms with Crippen molar-refractivity contribution in [3.63, 3.8) is 0 Å². The number of aromatic nitrogens is 1. The first-order chi connectivity index (χ1) is 7.70. The maximum absolute atomic E-state index is 13.4. The molecular formula is C12H6ClFNO. The molecule has 0 spiro atoms. The zero-order valence-corrected chi connectivity index (χ0v) is 8.83. The molecule has 79 valence electrons. The van der Waals surface area contributed by atoms with E-state index >= 15 is 0 Å². The lowest BCUT2D eigenvalue weighted by molar-refractivity contribution is 0.103. The van der Waals surface area contributed by atoms with Gasteiger partial charge in [-0.25, -0.2) is 4.39 Å². The van der Waals surface area contributed by atoms with Crippen molar-refractivity contribution >= 4 is 17.4 Å². The largest absolute Gasteiger partial charge is 0.288 e. The van der Waals surface area contributed by atoms with Crippen molar-refractivity contribution in [1.29, 1.82) is 0 Å².